The van der Waals surface area contributed by atoms with Crippen molar-refractivity contribution >= 4 is 11.3 Å². The van der Waals surface area contributed by atoms with E-state index in [4.69, 9.17) is 0 Å². The average molecular weight is 216 g/mol. The van der Waals surface area contributed by atoms with E-state index in [1.54, 1.807) is 11.3 Å². The number of alkyl halides is 1. The van der Waals surface area contributed by atoms with Crippen molar-refractivity contribution in [3.63, 3.8) is 0 Å². The van der Waals surface area contributed by atoms with Crippen molar-refractivity contribution in [1.29, 1.82) is 0 Å². The molecule has 4 heteroatoms. The minimum atomic E-state index is -0.248. The average Bonchev–Trinajstić information content (AvgIpc) is 2.61. The van der Waals surface area contributed by atoms with Gasteiger partial charge in [0.1, 0.15) is 5.01 Å². The molecule has 0 saturated carbocycles. The molecule has 0 fully saturated rings. The number of hydrogen-bond donors (Lipinski definition) is 1. The summed E-state index contributed by atoms with van der Waals surface area (Å²) in [6.45, 7) is 5.56. The third-order valence-corrected chi connectivity index (χ3v) is 3.20. The predicted molar refractivity (Wildman–Crippen MR) is 58.5 cm³/mol. The van der Waals surface area contributed by atoms with E-state index in [0.717, 1.165) is 18.1 Å². The highest BCUT2D eigenvalue weighted by Gasteiger charge is 2.04. The van der Waals surface area contributed by atoms with E-state index in [1.807, 2.05) is 6.20 Å². The molecule has 0 aliphatic carbocycles. The Balaban J connectivity index is 2.29. The van der Waals surface area contributed by atoms with E-state index in [-0.39, 0.29) is 6.67 Å². The first-order valence-electron chi connectivity index (χ1n) is 4.95. The van der Waals surface area contributed by atoms with Gasteiger partial charge in [-0.2, -0.15) is 0 Å². The van der Waals surface area contributed by atoms with Gasteiger partial charge in [0.2, 0.25) is 0 Å². The van der Waals surface area contributed by atoms with Gasteiger partial charge in [-0.1, -0.05) is 13.8 Å². The fourth-order valence-corrected chi connectivity index (χ4v) is 1.95. The van der Waals surface area contributed by atoms with Gasteiger partial charge >= 0.3 is 0 Å². The van der Waals surface area contributed by atoms with E-state index in [9.17, 15) is 4.39 Å². The molecule has 2 nitrogen and oxygen atoms in total. The summed E-state index contributed by atoms with van der Waals surface area (Å²) < 4.78 is 11.8. The summed E-state index contributed by atoms with van der Waals surface area (Å²) in [5, 5.41) is 4.25. The topological polar surface area (TPSA) is 24.9 Å². The zero-order valence-corrected chi connectivity index (χ0v) is 9.53. The maximum Gasteiger partial charge on any atom is 0.107 e. The molecule has 0 bridgehead atoms. The summed E-state index contributed by atoms with van der Waals surface area (Å²) in [6.07, 6.45) is 2.52. The monoisotopic (exact) mass is 216 g/mol. The number of nitrogens with one attached hydrogen (secondary N) is 1. The van der Waals surface area contributed by atoms with E-state index in [2.05, 4.69) is 24.1 Å². The van der Waals surface area contributed by atoms with Crippen LogP contribution in [0.15, 0.2) is 6.20 Å². The molecular weight excluding hydrogens is 199 g/mol. The molecule has 0 atom stereocenters. The predicted octanol–water partition coefficient (Wildman–Crippen LogP) is 2.72. The van der Waals surface area contributed by atoms with Crippen LogP contribution in [-0.4, -0.2) is 18.2 Å². The molecule has 0 aliphatic rings. The molecule has 1 aromatic rings. The lowest BCUT2D eigenvalue weighted by Crippen LogP contribution is -2.14. The Labute approximate surface area is 88.6 Å². The van der Waals surface area contributed by atoms with Crippen LogP contribution in [0.2, 0.25) is 0 Å². The molecule has 0 aliphatic heterocycles. The molecule has 0 unspecified atom stereocenters. The highest BCUT2D eigenvalue weighted by Crippen LogP contribution is 2.21. The fourth-order valence-electron chi connectivity index (χ4n) is 1.06. The minimum Gasteiger partial charge on any atom is -0.310 e. The zero-order valence-electron chi connectivity index (χ0n) is 8.72. The van der Waals surface area contributed by atoms with Crippen molar-refractivity contribution < 1.29 is 4.39 Å². The SMILES string of the molecule is CC(C)c1cnc(CNCCCF)s1. The van der Waals surface area contributed by atoms with Crippen LogP contribution in [0.5, 0.6) is 0 Å². The van der Waals surface area contributed by atoms with Gasteiger partial charge in [0.25, 0.3) is 0 Å². The van der Waals surface area contributed by atoms with Gasteiger partial charge in [0.15, 0.2) is 0 Å². The lowest BCUT2D eigenvalue weighted by Gasteiger charge is -1.99. The smallest absolute Gasteiger partial charge is 0.107 e. The van der Waals surface area contributed by atoms with Crippen LogP contribution in [0.3, 0.4) is 0 Å². The van der Waals surface area contributed by atoms with Gasteiger partial charge in [-0.25, -0.2) is 4.98 Å². The standard InChI is InChI=1S/C10H17FN2S/c1-8(2)9-6-13-10(14-9)7-12-5-3-4-11/h6,8,12H,3-5,7H2,1-2H3. The molecule has 0 spiro atoms. The summed E-state index contributed by atoms with van der Waals surface area (Å²) in [5.41, 5.74) is 0. The number of halogens is 1. The Hall–Kier alpha value is -0.480. The molecule has 1 aromatic heterocycles. The van der Waals surface area contributed by atoms with E-state index in [1.165, 1.54) is 4.88 Å². The molecule has 0 aromatic carbocycles. The van der Waals surface area contributed by atoms with Gasteiger partial charge in [-0.3, -0.25) is 4.39 Å². The van der Waals surface area contributed by atoms with Crippen molar-refractivity contribution in [2.75, 3.05) is 13.2 Å². The molecular formula is C10H17FN2S. The Morgan fingerprint density at radius 1 is 1.57 bits per heavy atom. The van der Waals surface area contributed by atoms with Crippen molar-refractivity contribution in [2.24, 2.45) is 0 Å². The molecule has 0 radical (unpaired) electrons. The third kappa shape index (κ3) is 3.72. The minimum absolute atomic E-state index is 0.248. The number of aromatic nitrogens is 1. The zero-order chi connectivity index (χ0) is 10.4. The number of rotatable bonds is 6. The van der Waals surface area contributed by atoms with Crippen molar-refractivity contribution in [3.8, 4) is 0 Å². The summed E-state index contributed by atoms with van der Waals surface area (Å²) in [6, 6.07) is 0. The molecule has 1 N–H and O–H groups in total. The van der Waals surface area contributed by atoms with E-state index in [0.29, 0.717) is 12.3 Å². The fraction of sp³-hybridized carbons (Fsp3) is 0.700. The molecule has 1 rings (SSSR count). The van der Waals surface area contributed by atoms with E-state index < -0.39 is 0 Å². The quantitative estimate of drug-likeness (QED) is 0.740. The molecule has 80 valence electrons. The number of nitrogens with zero attached hydrogens (tertiary/aromatic N) is 1. The summed E-state index contributed by atoms with van der Waals surface area (Å²) in [4.78, 5) is 5.61. The lowest BCUT2D eigenvalue weighted by atomic mass is 10.2. The summed E-state index contributed by atoms with van der Waals surface area (Å²) in [7, 11) is 0. The van der Waals surface area contributed by atoms with Crippen molar-refractivity contribution in [1.82, 2.24) is 10.3 Å². The largest absolute Gasteiger partial charge is 0.310 e. The van der Waals surface area contributed by atoms with Crippen LogP contribution in [0, 0.1) is 0 Å². The second-order valence-corrected chi connectivity index (χ2v) is 4.68. The van der Waals surface area contributed by atoms with Crippen LogP contribution in [0.4, 0.5) is 4.39 Å². The van der Waals surface area contributed by atoms with Gasteiger partial charge in [-0.15, -0.1) is 11.3 Å². The van der Waals surface area contributed by atoms with Crippen LogP contribution in [0.25, 0.3) is 0 Å². The number of thiazole rings is 1. The second kappa shape index (κ2) is 6.09. The molecule has 0 amide bonds. The van der Waals surface area contributed by atoms with Crippen LogP contribution >= 0.6 is 11.3 Å². The van der Waals surface area contributed by atoms with Crippen molar-refractivity contribution in [3.05, 3.63) is 16.1 Å². The first kappa shape index (κ1) is 11.6. The Morgan fingerprint density at radius 3 is 2.93 bits per heavy atom. The highest BCUT2D eigenvalue weighted by molar-refractivity contribution is 7.11. The molecule has 1 heterocycles. The molecule has 0 saturated heterocycles. The first-order chi connectivity index (χ1) is 6.74. The maximum absolute atomic E-state index is 11.8. The van der Waals surface area contributed by atoms with Crippen molar-refractivity contribution in [2.45, 2.75) is 32.7 Å². The Morgan fingerprint density at radius 2 is 2.36 bits per heavy atom. The Bertz CT molecular complexity index is 260. The van der Waals surface area contributed by atoms with Gasteiger partial charge in [-0.05, 0) is 18.9 Å². The normalized spacial score (nSPS) is 11.1. The number of hydrogen-bond acceptors (Lipinski definition) is 3. The van der Waals surface area contributed by atoms with Crippen LogP contribution in [0.1, 0.15) is 36.1 Å². The van der Waals surface area contributed by atoms with E-state index >= 15 is 0 Å². The lowest BCUT2D eigenvalue weighted by molar-refractivity contribution is 0.459. The van der Waals surface area contributed by atoms with Gasteiger partial charge in [0, 0.05) is 17.6 Å². The Kier molecular flexibility index (Phi) is 5.04. The second-order valence-electron chi connectivity index (χ2n) is 3.53. The maximum atomic E-state index is 11.8. The van der Waals surface area contributed by atoms with Gasteiger partial charge < -0.3 is 5.32 Å². The van der Waals surface area contributed by atoms with Crippen LogP contribution < -0.4 is 5.32 Å². The highest BCUT2D eigenvalue weighted by atomic mass is 32.1. The van der Waals surface area contributed by atoms with Gasteiger partial charge in [0.05, 0.1) is 6.67 Å². The summed E-state index contributed by atoms with van der Waals surface area (Å²) >= 11 is 1.73. The molecule has 14 heavy (non-hydrogen) atoms. The summed E-state index contributed by atoms with van der Waals surface area (Å²) in [5.74, 6) is 0.548. The third-order valence-electron chi connectivity index (χ3n) is 1.90. The first-order valence-corrected chi connectivity index (χ1v) is 5.77. The van der Waals surface area contributed by atoms with Crippen LogP contribution in [-0.2, 0) is 6.54 Å².